The highest BCUT2D eigenvalue weighted by Gasteiger charge is 2.22. The van der Waals surface area contributed by atoms with Crippen LogP contribution in [0, 0.1) is 0 Å². The molecule has 0 spiro atoms. The summed E-state index contributed by atoms with van der Waals surface area (Å²) in [5.41, 5.74) is 0.908. The maximum atomic E-state index is 12.7. The molecule has 2 heterocycles. The first kappa shape index (κ1) is 16.7. The quantitative estimate of drug-likeness (QED) is 0.756. The molecule has 1 aromatic carbocycles. The Kier molecular flexibility index (Phi) is 5.64. The molecule has 1 aliphatic rings. The molecule has 0 bridgehead atoms. The fourth-order valence-corrected chi connectivity index (χ4v) is 3.56. The van der Waals surface area contributed by atoms with E-state index < -0.39 is 0 Å². The Hall–Kier alpha value is -2.14. The lowest BCUT2D eigenvalue weighted by molar-refractivity contribution is 0.101. The van der Waals surface area contributed by atoms with Crippen molar-refractivity contribution in [3.8, 4) is 5.75 Å². The van der Waals surface area contributed by atoms with E-state index in [0.717, 1.165) is 48.0 Å². The van der Waals surface area contributed by atoms with E-state index in [4.69, 9.17) is 9.73 Å². The minimum atomic E-state index is 0.114. The molecule has 0 saturated heterocycles. The normalized spacial score (nSPS) is 14.6. The van der Waals surface area contributed by atoms with Gasteiger partial charge in [0.05, 0.1) is 24.2 Å². The van der Waals surface area contributed by atoms with Crippen LogP contribution < -0.4 is 9.64 Å². The zero-order valence-corrected chi connectivity index (χ0v) is 14.7. The van der Waals surface area contributed by atoms with Crippen molar-refractivity contribution in [2.45, 2.75) is 25.7 Å². The Morgan fingerprint density at radius 1 is 1.21 bits per heavy atom. The van der Waals surface area contributed by atoms with Crippen molar-refractivity contribution >= 4 is 28.6 Å². The van der Waals surface area contributed by atoms with Gasteiger partial charge in [0.2, 0.25) is 0 Å². The Labute approximate surface area is 146 Å². The zero-order valence-electron chi connectivity index (χ0n) is 13.9. The van der Waals surface area contributed by atoms with E-state index in [-0.39, 0.29) is 5.78 Å². The molecule has 24 heavy (non-hydrogen) atoms. The number of hydrogen-bond acceptors (Lipinski definition) is 5. The Bertz CT molecular complexity index is 710. The molecule has 1 aromatic heterocycles. The standard InChI is InChI=1S/C19H22N2O2S/c1-23-17-9-5-4-8-15(17)21(19-11-3-2-6-12-20-19)14-16(22)18-10-7-13-24-18/h4-5,7-10,13H,2-3,6,11-12,14H2,1H3. The number of aliphatic imine (C=N–C) groups is 1. The van der Waals surface area contributed by atoms with Gasteiger partial charge in [0.25, 0.3) is 0 Å². The van der Waals surface area contributed by atoms with Gasteiger partial charge in [-0.3, -0.25) is 9.79 Å². The van der Waals surface area contributed by atoms with Crippen LogP contribution in [0.3, 0.4) is 0 Å². The monoisotopic (exact) mass is 342 g/mol. The number of nitrogens with zero attached hydrogens (tertiary/aromatic N) is 2. The molecule has 0 N–H and O–H groups in total. The molecule has 0 amide bonds. The molecule has 4 nitrogen and oxygen atoms in total. The minimum Gasteiger partial charge on any atom is -0.495 e. The van der Waals surface area contributed by atoms with E-state index in [1.54, 1.807) is 7.11 Å². The third kappa shape index (κ3) is 3.85. The maximum Gasteiger partial charge on any atom is 0.192 e. The molecule has 3 rings (SSSR count). The first-order valence-corrected chi connectivity index (χ1v) is 9.18. The summed E-state index contributed by atoms with van der Waals surface area (Å²) in [6.45, 7) is 1.12. The van der Waals surface area contributed by atoms with Crippen molar-refractivity contribution in [2.75, 3.05) is 25.1 Å². The van der Waals surface area contributed by atoms with E-state index in [1.165, 1.54) is 17.8 Å². The number of rotatable bonds is 5. The highest BCUT2D eigenvalue weighted by molar-refractivity contribution is 7.12. The lowest BCUT2D eigenvalue weighted by Gasteiger charge is -2.27. The van der Waals surface area contributed by atoms with Crippen molar-refractivity contribution in [2.24, 2.45) is 4.99 Å². The van der Waals surface area contributed by atoms with Crippen LogP contribution in [0.15, 0.2) is 46.8 Å². The van der Waals surface area contributed by atoms with Crippen LogP contribution in [0.25, 0.3) is 0 Å². The van der Waals surface area contributed by atoms with E-state index in [0.29, 0.717) is 6.54 Å². The molecule has 1 aliphatic heterocycles. The van der Waals surface area contributed by atoms with E-state index in [9.17, 15) is 4.79 Å². The smallest absolute Gasteiger partial charge is 0.192 e. The van der Waals surface area contributed by atoms with E-state index in [2.05, 4.69) is 0 Å². The fraction of sp³-hybridized carbons (Fsp3) is 0.368. The van der Waals surface area contributed by atoms with Crippen LogP contribution in [-0.2, 0) is 0 Å². The minimum absolute atomic E-state index is 0.114. The molecule has 126 valence electrons. The number of thiophene rings is 1. The van der Waals surface area contributed by atoms with Gasteiger partial charge in [-0.25, -0.2) is 0 Å². The molecule has 0 radical (unpaired) electrons. The number of carbonyl (C=O) groups is 1. The number of hydrogen-bond donors (Lipinski definition) is 0. The third-order valence-electron chi connectivity index (χ3n) is 4.14. The number of Topliss-reactive ketones (excluding diaryl/α,β-unsaturated/α-hetero) is 1. The molecule has 0 unspecified atom stereocenters. The average molecular weight is 342 g/mol. The number of benzene rings is 1. The van der Waals surface area contributed by atoms with Crippen LogP contribution >= 0.6 is 11.3 Å². The summed E-state index contributed by atoms with van der Waals surface area (Å²) in [6, 6.07) is 11.6. The SMILES string of the molecule is COc1ccccc1N(CC(=O)c1cccs1)C1=NCCCCC1. The highest BCUT2D eigenvalue weighted by Crippen LogP contribution is 2.30. The van der Waals surface area contributed by atoms with Gasteiger partial charge in [-0.2, -0.15) is 0 Å². The van der Waals surface area contributed by atoms with Crippen LogP contribution in [0.2, 0.25) is 0 Å². The van der Waals surface area contributed by atoms with Gasteiger partial charge >= 0.3 is 0 Å². The van der Waals surface area contributed by atoms with Crippen molar-refractivity contribution in [3.63, 3.8) is 0 Å². The van der Waals surface area contributed by atoms with Gasteiger partial charge in [0, 0.05) is 13.0 Å². The number of anilines is 1. The first-order valence-electron chi connectivity index (χ1n) is 8.30. The van der Waals surface area contributed by atoms with Crippen molar-refractivity contribution in [1.82, 2.24) is 0 Å². The largest absolute Gasteiger partial charge is 0.495 e. The summed E-state index contributed by atoms with van der Waals surface area (Å²) in [6.07, 6.45) is 4.31. The zero-order chi connectivity index (χ0) is 16.8. The predicted octanol–water partition coefficient (Wildman–Crippen LogP) is 4.42. The van der Waals surface area contributed by atoms with Gasteiger partial charge in [-0.15, -0.1) is 11.3 Å². The number of para-hydroxylation sites is 2. The topological polar surface area (TPSA) is 41.9 Å². The number of ether oxygens (including phenoxy) is 1. The Morgan fingerprint density at radius 3 is 2.88 bits per heavy atom. The molecule has 0 aliphatic carbocycles. The predicted molar refractivity (Wildman–Crippen MR) is 99.8 cm³/mol. The molecule has 5 heteroatoms. The fourth-order valence-electron chi connectivity index (χ4n) is 2.91. The second-order valence-corrected chi connectivity index (χ2v) is 6.71. The Morgan fingerprint density at radius 2 is 2.08 bits per heavy atom. The third-order valence-corrected chi connectivity index (χ3v) is 5.05. The van der Waals surface area contributed by atoms with Crippen LogP contribution in [0.1, 0.15) is 35.4 Å². The Balaban J connectivity index is 1.94. The molecule has 0 fully saturated rings. The number of methoxy groups -OCH3 is 1. The average Bonchev–Trinajstić information content (AvgIpc) is 3.03. The molecule has 0 saturated carbocycles. The summed E-state index contributed by atoms with van der Waals surface area (Å²) in [5.74, 6) is 1.87. The second-order valence-electron chi connectivity index (χ2n) is 5.77. The molecular formula is C19H22N2O2S. The van der Waals surface area contributed by atoms with Crippen LogP contribution in [0.5, 0.6) is 5.75 Å². The number of carbonyl (C=O) groups excluding carboxylic acids is 1. The van der Waals surface area contributed by atoms with E-state index >= 15 is 0 Å². The number of amidine groups is 1. The van der Waals surface area contributed by atoms with Crippen LogP contribution in [-0.4, -0.2) is 31.8 Å². The summed E-state index contributed by atoms with van der Waals surface area (Å²) in [4.78, 5) is 20.3. The van der Waals surface area contributed by atoms with Crippen molar-refractivity contribution in [3.05, 3.63) is 46.7 Å². The second kappa shape index (κ2) is 8.11. The van der Waals surface area contributed by atoms with Crippen molar-refractivity contribution < 1.29 is 9.53 Å². The summed E-state index contributed by atoms with van der Waals surface area (Å²) in [5, 5.41) is 1.93. The van der Waals surface area contributed by atoms with Gasteiger partial charge in [0.15, 0.2) is 5.78 Å². The van der Waals surface area contributed by atoms with Crippen molar-refractivity contribution in [1.29, 1.82) is 0 Å². The lowest BCUT2D eigenvalue weighted by Crippen LogP contribution is -2.36. The molecular weight excluding hydrogens is 320 g/mol. The van der Waals surface area contributed by atoms with Gasteiger partial charge < -0.3 is 9.64 Å². The highest BCUT2D eigenvalue weighted by atomic mass is 32.1. The summed E-state index contributed by atoms with van der Waals surface area (Å²) < 4.78 is 5.52. The molecule has 0 atom stereocenters. The summed E-state index contributed by atoms with van der Waals surface area (Å²) in [7, 11) is 1.66. The molecule has 2 aromatic rings. The number of ketones is 1. The first-order chi connectivity index (χ1) is 11.8. The van der Waals surface area contributed by atoms with Crippen LogP contribution in [0.4, 0.5) is 5.69 Å². The van der Waals surface area contributed by atoms with Gasteiger partial charge in [-0.05, 0) is 36.4 Å². The lowest BCUT2D eigenvalue weighted by atomic mass is 10.1. The maximum absolute atomic E-state index is 12.7. The summed E-state index contributed by atoms with van der Waals surface area (Å²) >= 11 is 1.48. The van der Waals surface area contributed by atoms with E-state index in [1.807, 2.05) is 46.7 Å². The van der Waals surface area contributed by atoms with Gasteiger partial charge in [0.1, 0.15) is 11.6 Å². The van der Waals surface area contributed by atoms with Gasteiger partial charge in [-0.1, -0.05) is 24.6 Å².